The number of methoxy groups -OCH3 is 1. The molecular formula is C10H9N3O4. The van der Waals surface area contributed by atoms with Crippen LogP contribution >= 0.6 is 0 Å². The molecule has 0 bridgehead atoms. The summed E-state index contributed by atoms with van der Waals surface area (Å²) in [6, 6.07) is 7.02. The lowest BCUT2D eigenvalue weighted by atomic mass is 10.3. The number of carboxylic acid groups (broad SMARTS) is 1. The first kappa shape index (κ1) is 10.9. The Morgan fingerprint density at radius 3 is 2.76 bits per heavy atom. The second-order valence-corrected chi connectivity index (χ2v) is 3.08. The summed E-state index contributed by atoms with van der Waals surface area (Å²) < 4.78 is 11.1. The minimum absolute atomic E-state index is 0.0756. The molecular weight excluding hydrogens is 226 g/mol. The summed E-state index contributed by atoms with van der Waals surface area (Å²) in [5.41, 5.74) is 0.710. The number of rotatable bonds is 3. The van der Waals surface area contributed by atoms with Gasteiger partial charge in [0.2, 0.25) is 23.2 Å². The molecule has 88 valence electrons. The molecule has 7 nitrogen and oxygen atoms in total. The van der Waals surface area contributed by atoms with Crippen LogP contribution in [0, 0.1) is 0 Å². The van der Waals surface area contributed by atoms with E-state index in [1.807, 2.05) is 0 Å². The van der Waals surface area contributed by atoms with E-state index < -0.39 is 6.09 Å². The van der Waals surface area contributed by atoms with Gasteiger partial charge in [-0.2, -0.15) is 0 Å². The fourth-order valence-corrected chi connectivity index (χ4v) is 1.24. The van der Waals surface area contributed by atoms with Gasteiger partial charge in [-0.1, -0.05) is 0 Å². The largest absolute Gasteiger partial charge is 0.552 e. The quantitative estimate of drug-likeness (QED) is 0.816. The summed E-state index contributed by atoms with van der Waals surface area (Å²) in [6.45, 7) is 0. The Bertz CT molecular complexity index is 521. The summed E-state index contributed by atoms with van der Waals surface area (Å²) in [5.74, 6) is 0.640. The number of ether oxygens (including phenoxy) is 1. The van der Waals surface area contributed by atoms with Gasteiger partial charge in [0.05, 0.1) is 7.11 Å². The fourth-order valence-electron chi connectivity index (χ4n) is 1.24. The molecule has 0 saturated carbocycles. The van der Waals surface area contributed by atoms with Gasteiger partial charge in [0.1, 0.15) is 11.6 Å². The molecule has 0 atom stereocenters. The van der Waals surface area contributed by atoms with E-state index in [1.165, 1.54) is 10.9 Å². The van der Waals surface area contributed by atoms with Gasteiger partial charge in [-0.3, -0.25) is 4.79 Å². The molecule has 0 aliphatic rings. The van der Waals surface area contributed by atoms with E-state index in [0.29, 0.717) is 11.4 Å². The lowest BCUT2D eigenvalue weighted by Crippen LogP contribution is -2.31. The van der Waals surface area contributed by atoms with Crippen molar-refractivity contribution in [2.75, 3.05) is 7.11 Å². The van der Waals surface area contributed by atoms with E-state index in [-0.39, 0.29) is 5.88 Å². The van der Waals surface area contributed by atoms with Gasteiger partial charge in [0.25, 0.3) is 0 Å². The topological polar surface area (TPSA) is 90.5 Å². The van der Waals surface area contributed by atoms with Crippen molar-refractivity contribution in [3.63, 3.8) is 0 Å². The van der Waals surface area contributed by atoms with Crippen LogP contribution in [0.1, 0.15) is 0 Å². The number of benzene rings is 1. The van der Waals surface area contributed by atoms with Crippen LogP contribution in [0.5, 0.6) is 5.75 Å². The van der Waals surface area contributed by atoms with Gasteiger partial charge in [-0.05, 0) is 16.8 Å². The maximum Gasteiger partial charge on any atom is 0.241 e. The summed E-state index contributed by atoms with van der Waals surface area (Å²) in [7, 11) is 1.57. The number of carbonyl (C=O) groups is 1. The maximum absolute atomic E-state index is 10.3. The molecule has 0 fully saturated rings. The SMILES string of the molecule is COc1ccc(-[n+]2cc([N-]C(=O)O)on2)cc1. The molecule has 0 radical (unpaired) electrons. The Balaban J connectivity index is 2.21. The zero-order valence-corrected chi connectivity index (χ0v) is 8.90. The van der Waals surface area contributed by atoms with Crippen LogP contribution in [0.2, 0.25) is 0 Å². The van der Waals surface area contributed by atoms with E-state index in [9.17, 15) is 4.79 Å². The minimum atomic E-state index is -1.33. The van der Waals surface area contributed by atoms with Crippen LogP contribution in [-0.2, 0) is 0 Å². The van der Waals surface area contributed by atoms with Crippen molar-refractivity contribution < 1.29 is 23.8 Å². The minimum Gasteiger partial charge on any atom is -0.552 e. The number of aromatic nitrogens is 2. The number of hydrogen-bond donors (Lipinski definition) is 1. The van der Waals surface area contributed by atoms with E-state index in [0.717, 1.165) is 0 Å². The summed E-state index contributed by atoms with van der Waals surface area (Å²) in [5, 5.41) is 15.3. The molecule has 2 aromatic rings. The molecule has 1 N–H and O–H groups in total. The van der Waals surface area contributed by atoms with Gasteiger partial charge in [0.15, 0.2) is 0 Å². The van der Waals surface area contributed by atoms with E-state index in [2.05, 4.69) is 10.6 Å². The Labute approximate surface area is 96.2 Å². The van der Waals surface area contributed by atoms with Gasteiger partial charge in [-0.15, -0.1) is 0 Å². The van der Waals surface area contributed by atoms with Crippen molar-refractivity contribution in [2.45, 2.75) is 0 Å². The predicted octanol–water partition coefficient (Wildman–Crippen LogP) is 1.64. The first-order chi connectivity index (χ1) is 8.19. The van der Waals surface area contributed by atoms with Crippen LogP contribution in [0.25, 0.3) is 11.0 Å². The van der Waals surface area contributed by atoms with E-state index in [4.69, 9.17) is 14.4 Å². The summed E-state index contributed by atoms with van der Waals surface area (Å²) in [4.78, 5) is 10.3. The van der Waals surface area contributed by atoms with Crippen molar-refractivity contribution in [2.24, 2.45) is 0 Å². The fraction of sp³-hybridized carbons (Fsp3) is 0.100. The monoisotopic (exact) mass is 235 g/mol. The highest BCUT2D eigenvalue weighted by atomic mass is 16.5. The first-order valence-electron chi connectivity index (χ1n) is 4.67. The molecule has 7 heteroatoms. The molecule has 17 heavy (non-hydrogen) atoms. The Kier molecular flexibility index (Phi) is 2.91. The lowest BCUT2D eigenvalue weighted by Gasteiger charge is -2.03. The second-order valence-electron chi connectivity index (χ2n) is 3.08. The van der Waals surface area contributed by atoms with Crippen LogP contribution in [0.4, 0.5) is 10.7 Å². The highest BCUT2D eigenvalue weighted by Gasteiger charge is 2.11. The summed E-state index contributed by atoms with van der Waals surface area (Å²) in [6.07, 6.45) is 0.0404. The van der Waals surface area contributed by atoms with Crippen LogP contribution in [0.3, 0.4) is 0 Å². The smallest absolute Gasteiger partial charge is 0.241 e. The van der Waals surface area contributed by atoms with Crippen molar-refractivity contribution >= 4 is 12.0 Å². The van der Waals surface area contributed by atoms with Crippen molar-refractivity contribution in [3.05, 3.63) is 35.8 Å². The molecule has 0 saturated heterocycles. The zero-order valence-electron chi connectivity index (χ0n) is 8.90. The second kappa shape index (κ2) is 4.52. The Morgan fingerprint density at radius 2 is 2.18 bits per heavy atom. The zero-order chi connectivity index (χ0) is 12.3. The van der Waals surface area contributed by atoms with Gasteiger partial charge in [-0.25, -0.2) is 0 Å². The lowest BCUT2D eigenvalue weighted by molar-refractivity contribution is -0.670. The predicted molar refractivity (Wildman–Crippen MR) is 55.6 cm³/mol. The first-order valence-corrected chi connectivity index (χ1v) is 4.67. The average Bonchev–Trinajstić information content (AvgIpc) is 2.77. The highest BCUT2D eigenvalue weighted by molar-refractivity contribution is 5.86. The Morgan fingerprint density at radius 1 is 1.47 bits per heavy atom. The molecule has 1 heterocycles. The average molecular weight is 235 g/mol. The number of amides is 1. The van der Waals surface area contributed by atoms with Crippen LogP contribution in [0.15, 0.2) is 35.0 Å². The number of hydrogen-bond acceptors (Lipinski definition) is 4. The van der Waals surface area contributed by atoms with Gasteiger partial charge in [0, 0.05) is 12.1 Å². The standard InChI is InChI=1S/C10H9N3O4/c1-16-8-4-2-7(3-5-8)13-6-9(17-12-13)11-10(14)15/h2-6H,1H3,(H-,11,12,14,15). The molecule has 1 aromatic carbocycles. The van der Waals surface area contributed by atoms with Crippen LogP contribution in [-0.4, -0.2) is 23.6 Å². The van der Waals surface area contributed by atoms with E-state index in [1.54, 1.807) is 31.4 Å². The van der Waals surface area contributed by atoms with Crippen molar-refractivity contribution in [1.82, 2.24) is 5.27 Å². The molecule has 0 aliphatic carbocycles. The van der Waals surface area contributed by atoms with Gasteiger partial charge >= 0.3 is 0 Å². The maximum atomic E-state index is 10.3. The third kappa shape index (κ3) is 2.51. The Hall–Kier alpha value is -2.57. The van der Waals surface area contributed by atoms with E-state index >= 15 is 0 Å². The third-order valence-electron chi connectivity index (χ3n) is 2.00. The van der Waals surface area contributed by atoms with Gasteiger partial charge < -0.3 is 19.7 Å². The third-order valence-corrected chi connectivity index (χ3v) is 2.00. The summed E-state index contributed by atoms with van der Waals surface area (Å²) >= 11 is 0. The van der Waals surface area contributed by atoms with Crippen molar-refractivity contribution in [3.8, 4) is 11.4 Å². The normalized spacial score (nSPS) is 9.94. The molecule has 0 spiro atoms. The molecule has 1 aromatic heterocycles. The number of nitrogens with zero attached hydrogens (tertiary/aromatic N) is 3. The molecule has 0 unspecified atom stereocenters. The van der Waals surface area contributed by atoms with Crippen LogP contribution < -0.4 is 9.42 Å². The van der Waals surface area contributed by atoms with Crippen molar-refractivity contribution in [1.29, 1.82) is 0 Å². The molecule has 2 rings (SSSR count). The highest BCUT2D eigenvalue weighted by Crippen LogP contribution is 2.16. The molecule has 0 aliphatic heterocycles. The molecule has 1 amide bonds.